The van der Waals surface area contributed by atoms with Crippen LogP contribution >= 0.6 is 0 Å². The molecule has 2 atom stereocenters. The molecule has 1 aliphatic rings. The van der Waals surface area contributed by atoms with Gasteiger partial charge in [-0.25, -0.2) is 4.79 Å². The molecule has 0 aliphatic heterocycles. The molecular formula is C14H18N2O4. The number of rotatable bonds is 4. The molecule has 0 radical (unpaired) electrons. The molecule has 1 aromatic carbocycles. The number of nitro benzene ring substituents is 1. The zero-order chi connectivity index (χ0) is 14.7. The van der Waals surface area contributed by atoms with Gasteiger partial charge in [-0.05, 0) is 30.9 Å². The fraction of sp³-hybridized carbons (Fsp3) is 0.500. The average molecular weight is 278 g/mol. The van der Waals surface area contributed by atoms with Crippen molar-refractivity contribution in [1.82, 2.24) is 0 Å². The fourth-order valence-electron chi connectivity index (χ4n) is 2.72. The second kappa shape index (κ2) is 5.90. The Morgan fingerprint density at radius 2 is 2.20 bits per heavy atom. The van der Waals surface area contributed by atoms with Gasteiger partial charge in [0, 0.05) is 12.1 Å². The first-order chi connectivity index (χ1) is 9.47. The van der Waals surface area contributed by atoms with Crippen LogP contribution in [0.3, 0.4) is 0 Å². The van der Waals surface area contributed by atoms with Gasteiger partial charge in [0.25, 0.3) is 5.69 Å². The van der Waals surface area contributed by atoms with E-state index in [0.29, 0.717) is 11.6 Å². The van der Waals surface area contributed by atoms with Gasteiger partial charge in [-0.2, -0.15) is 0 Å². The van der Waals surface area contributed by atoms with Crippen LogP contribution in [0.1, 0.15) is 43.0 Å². The smallest absolute Gasteiger partial charge is 0.335 e. The number of anilines is 1. The van der Waals surface area contributed by atoms with Crippen molar-refractivity contribution in [2.45, 2.75) is 38.6 Å². The van der Waals surface area contributed by atoms with Crippen molar-refractivity contribution in [3.8, 4) is 0 Å². The summed E-state index contributed by atoms with van der Waals surface area (Å²) in [5, 5.41) is 23.2. The number of carboxylic acid groups (broad SMARTS) is 1. The summed E-state index contributed by atoms with van der Waals surface area (Å²) in [5.41, 5.74) is 0.154. The molecule has 0 amide bonds. The summed E-state index contributed by atoms with van der Waals surface area (Å²) in [5.74, 6) is -0.551. The number of nitrogens with zero attached hydrogens (tertiary/aromatic N) is 1. The van der Waals surface area contributed by atoms with Gasteiger partial charge in [0.15, 0.2) is 0 Å². The summed E-state index contributed by atoms with van der Waals surface area (Å²) in [4.78, 5) is 21.4. The molecule has 2 rings (SSSR count). The molecule has 0 heterocycles. The Morgan fingerprint density at radius 3 is 2.80 bits per heavy atom. The molecule has 6 nitrogen and oxygen atoms in total. The van der Waals surface area contributed by atoms with Crippen LogP contribution in [0.4, 0.5) is 11.4 Å². The predicted molar refractivity (Wildman–Crippen MR) is 75.1 cm³/mol. The Balaban J connectivity index is 2.22. The molecule has 2 unspecified atom stereocenters. The molecule has 1 fully saturated rings. The van der Waals surface area contributed by atoms with E-state index in [1.807, 2.05) is 0 Å². The molecule has 2 N–H and O–H groups in total. The first-order valence-electron chi connectivity index (χ1n) is 6.75. The van der Waals surface area contributed by atoms with Crippen LogP contribution in [0.2, 0.25) is 0 Å². The normalized spacial score (nSPS) is 22.2. The van der Waals surface area contributed by atoms with Crippen LogP contribution in [0.15, 0.2) is 18.2 Å². The summed E-state index contributed by atoms with van der Waals surface area (Å²) in [6.45, 7) is 2.18. The lowest BCUT2D eigenvalue weighted by atomic mass is 9.87. The maximum Gasteiger partial charge on any atom is 0.335 e. The third-order valence-electron chi connectivity index (χ3n) is 3.74. The number of aromatic carboxylic acids is 1. The summed E-state index contributed by atoms with van der Waals surface area (Å²) >= 11 is 0. The monoisotopic (exact) mass is 278 g/mol. The van der Waals surface area contributed by atoms with Crippen molar-refractivity contribution in [2.75, 3.05) is 5.32 Å². The van der Waals surface area contributed by atoms with Crippen molar-refractivity contribution in [2.24, 2.45) is 5.92 Å². The van der Waals surface area contributed by atoms with Gasteiger partial charge in [0.1, 0.15) is 5.69 Å². The summed E-state index contributed by atoms with van der Waals surface area (Å²) in [6.07, 6.45) is 4.28. The Kier molecular flexibility index (Phi) is 4.22. The number of nitrogens with one attached hydrogen (secondary N) is 1. The van der Waals surface area contributed by atoms with Gasteiger partial charge >= 0.3 is 5.97 Å². The van der Waals surface area contributed by atoms with Gasteiger partial charge in [-0.1, -0.05) is 19.8 Å². The van der Waals surface area contributed by atoms with E-state index >= 15 is 0 Å². The van der Waals surface area contributed by atoms with E-state index in [1.165, 1.54) is 18.6 Å². The van der Waals surface area contributed by atoms with Crippen molar-refractivity contribution in [3.05, 3.63) is 33.9 Å². The lowest BCUT2D eigenvalue weighted by Crippen LogP contribution is -2.26. The van der Waals surface area contributed by atoms with Gasteiger partial charge < -0.3 is 10.4 Å². The van der Waals surface area contributed by atoms with Crippen molar-refractivity contribution in [3.63, 3.8) is 0 Å². The third-order valence-corrected chi connectivity index (χ3v) is 3.74. The Hall–Kier alpha value is -2.11. The maximum atomic E-state index is 11.1. The van der Waals surface area contributed by atoms with Crippen LogP contribution in [-0.4, -0.2) is 22.0 Å². The highest BCUT2D eigenvalue weighted by Gasteiger charge is 2.23. The first-order valence-corrected chi connectivity index (χ1v) is 6.75. The van der Waals surface area contributed by atoms with Crippen LogP contribution in [-0.2, 0) is 0 Å². The van der Waals surface area contributed by atoms with Crippen molar-refractivity contribution in [1.29, 1.82) is 0 Å². The molecule has 1 aromatic rings. The van der Waals surface area contributed by atoms with E-state index in [4.69, 9.17) is 5.11 Å². The lowest BCUT2D eigenvalue weighted by molar-refractivity contribution is -0.384. The van der Waals surface area contributed by atoms with E-state index in [2.05, 4.69) is 12.2 Å². The highest BCUT2D eigenvalue weighted by Crippen LogP contribution is 2.31. The minimum Gasteiger partial charge on any atom is -0.478 e. The molecular weight excluding hydrogens is 260 g/mol. The molecule has 108 valence electrons. The van der Waals surface area contributed by atoms with E-state index in [9.17, 15) is 14.9 Å². The van der Waals surface area contributed by atoms with Gasteiger partial charge in [0.05, 0.1) is 10.5 Å². The molecule has 0 saturated heterocycles. The number of nitro groups is 1. The van der Waals surface area contributed by atoms with E-state index in [1.54, 1.807) is 0 Å². The maximum absolute atomic E-state index is 11.1. The van der Waals surface area contributed by atoms with Crippen LogP contribution in [0.25, 0.3) is 0 Å². The molecule has 1 aliphatic carbocycles. The highest BCUT2D eigenvalue weighted by molar-refractivity contribution is 5.89. The van der Waals surface area contributed by atoms with E-state index in [0.717, 1.165) is 25.3 Å². The Morgan fingerprint density at radius 1 is 1.45 bits per heavy atom. The van der Waals surface area contributed by atoms with E-state index in [-0.39, 0.29) is 17.3 Å². The Bertz CT molecular complexity index is 530. The molecule has 20 heavy (non-hydrogen) atoms. The zero-order valence-electron chi connectivity index (χ0n) is 11.3. The van der Waals surface area contributed by atoms with Crippen molar-refractivity contribution >= 4 is 17.3 Å². The average Bonchev–Trinajstić information content (AvgIpc) is 2.38. The van der Waals surface area contributed by atoms with E-state index < -0.39 is 10.9 Å². The second-order valence-corrected chi connectivity index (χ2v) is 5.41. The number of carboxylic acids is 1. The third kappa shape index (κ3) is 3.26. The minimum absolute atomic E-state index is 0.0701. The number of hydrogen-bond acceptors (Lipinski definition) is 4. The predicted octanol–water partition coefficient (Wildman–Crippen LogP) is 3.28. The second-order valence-electron chi connectivity index (χ2n) is 5.41. The van der Waals surface area contributed by atoms with Crippen LogP contribution < -0.4 is 5.32 Å². The number of benzene rings is 1. The largest absolute Gasteiger partial charge is 0.478 e. The summed E-state index contributed by atoms with van der Waals surface area (Å²) in [7, 11) is 0. The molecule has 0 aromatic heterocycles. The quantitative estimate of drug-likeness (QED) is 0.651. The first kappa shape index (κ1) is 14.3. The minimum atomic E-state index is -1.16. The van der Waals surface area contributed by atoms with Gasteiger partial charge in [-0.15, -0.1) is 0 Å². The summed E-state index contributed by atoms with van der Waals surface area (Å²) < 4.78 is 0. The summed E-state index contributed by atoms with van der Waals surface area (Å²) in [6, 6.07) is 4.20. The molecule has 0 bridgehead atoms. The number of hydrogen-bond donors (Lipinski definition) is 2. The van der Waals surface area contributed by atoms with Gasteiger partial charge in [-0.3, -0.25) is 10.1 Å². The number of carbonyl (C=O) groups is 1. The molecule has 1 saturated carbocycles. The molecule has 6 heteroatoms. The zero-order valence-corrected chi connectivity index (χ0v) is 11.3. The van der Waals surface area contributed by atoms with Crippen molar-refractivity contribution < 1.29 is 14.8 Å². The topological polar surface area (TPSA) is 92.5 Å². The fourth-order valence-corrected chi connectivity index (χ4v) is 2.72. The standard InChI is InChI=1S/C14H18N2O4/c1-9-3-2-4-11(7-9)15-12-6-5-10(14(17)18)8-13(12)16(19)20/h5-6,8-9,11,15H,2-4,7H2,1H3,(H,17,18). The van der Waals surface area contributed by atoms with Crippen LogP contribution in [0.5, 0.6) is 0 Å². The lowest BCUT2D eigenvalue weighted by Gasteiger charge is -2.28. The SMILES string of the molecule is CC1CCCC(Nc2ccc(C(=O)O)cc2[N+](=O)[O-])C1. The van der Waals surface area contributed by atoms with Gasteiger partial charge in [0.2, 0.25) is 0 Å². The highest BCUT2D eigenvalue weighted by atomic mass is 16.6. The Labute approximate surface area is 117 Å². The molecule has 0 spiro atoms. The van der Waals surface area contributed by atoms with Crippen LogP contribution in [0, 0.1) is 16.0 Å².